The van der Waals surface area contributed by atoms with E-state index in [1.807, 2.05) is 30.3 Å². The second-order valence-corrected chi connectivity index (χ2v) is 5.58. The summed E-state index contributed by atoms with van der Waals surface area (Å²) in [6, 6.07) is 9.77. The van der Waals surface area contributed by atoms with Crippen molar-refractivity contribution in [1.29, 1.82) is 0 Å². The van der Waals surface area contributed by atoms with Gasteiger partial charge in [0.15, 0.2) is 5.78 Å². The summed E-state index contributed by atoms with van der Waals surface area (Å²) in [6.45, 7) is 5.45. The molecule has 2 rings (SSSR count). The molecule has 1 fully saturated rings. The van der Waals surface area contributed by atoms with E-state index in [4.69, 9.17) is 0 Å². The molecule has 0 spiro atoms. The number of hydrogen-bond acceptors (Lipinski definition) is 2. The van der Waals surface area contributed by atoms with Gasteiger partial charge < -0.3 is 4.90 Å². The Balaban J connectivity index is 2.00. The van der Waals surface area contributed by atoms with E-state index >= 15 is 0 Å². The lowest BCUT2D eigenvalue weighted by Crippen LogP contribution is -2.36. The van der Waals surface area contributed by atoms with Crippen molar-refractivity contribution >= 4 is 5.78 Å². The fourth-order valence-electron chi connectivity index (χ4n) is 2.95. The van der Waals surface area contributed by atoms with Gasteiger partial charge in [0, 0.05) is 18.0 Å². The number of nitrogens with zero attached hydrogens (tertiary/aromatic N) is 1. The number of ketones is 1. The number of hydrogen-bond donors (Lipinski definition) is 0. The number of carbonyl (C=O) groups excluding carboxylic acids is 1. The van der Waals surface area contributed by atoms with E-state index in [2.05, 4.69) is 11.8 Å². The van der Waals surface area contributed by atoms with Crippen LogP contribution in [0.4, 0.5) is 0 Å². The molecule has 1 heterocycles. The molecular formula is C17H25NO. The lowest BCUT2D eigenvalue weighted by Gasteiger charge is -2.29. The van der Waals surface area contributed by atoms with Crippen LogP contribution in [0.5, 0.6) is 0 Å². The second kappa shape index (κ2) is 7.44. The summed E-state index contributed by atoms with van der Waals surface area (Å²) < 4.78 is 0. The highest BCUT2D eigenvalue weighted by molar-refractivity contribution is 5.97. The Morgan fingerprint density at radius 1 is 1.16 bits per heavy atom. The van der Waals surface area contributed by atoms with Crippen LogP contribution in [0.15, 0.2) is 30.3 Å². The molecule has 1 unspecified atom stereocenters. The zero-order valence-electron chi connectivity index (χ0n) is 12.0. The van der Waals surface area contributed by atoms with Crippen molar-refractivity contribution in [2.24, 2.45) is 5.92 Å². The van der Waals surface area contributed by atoms with Gasteiger partial charge in [-0.25, -0.2) is 0 Å². The Bertz CT molecular complexity index is 382. The number of Topliss-reactive ketones (excluding diaryl/α,β-unsaturated/α-hetero) is 1. The molecule has 0 amide bonds. The van der Waals surface area contributed by atoms with Gasteiger partial charge in [0.05, 0.1) is 0 Å². The normalized spacial score (nSPS) is 18.2. The molecule has 0 N–H and O–H groups in total. The summed E-state index contributed by atoms with van der Waals surface area (Å²) in [6.07, 6.45) is 6.01. The van der Waals surface area contributed by atoms with Crippen molar-refractivity contribution in [3.63, 3.8) is 0 Å². The highest BCUT2D eigenvalue weighted by atomic mass is 16.1. The fourth-order valence-corrected chi connectivity index (χ4v) is 2.95. The molecule has 0 aliphatic carbocycles. The van der Waals surface area contributed by atoms with E-state index in [0.29, 0.717) is 5.78 Å². The first-order valence-corrected chi connectivity index (χ1v) is 7.63. The third-order valence-electron chi connectivity index (χ3n) is 3.99. The molecule has 0 bridgehead atoms. The standard InChI is InChI=1S/C17H25NO/c1-2-9-16(14-18-12-7-4-8-13-18)17(19)15-10-5-3-6-11-15/h3,5-6,10-11,16H,2,4,7-9,12-14H2,1H3. The largest absolute Gasteiger partial charge is 0.303 e. The van der Waals surface area contributed by atoms with Gasteiger partial charge in [-0.1, -0.05) is 50.1 Å². The first-order valence-electron chi connectivity index (χ1n) is 7.63. The van der Waals surface area contributed by atoms with E-state index in [-0.39, 0.29) is 5.92 Å². The SMILES string of the molecule is CCCC(CN1CCCCC1)C(=O)c1ccccc1. The highest BCUT2D eigenvalue weighted by Gasteiger charge is 2.22. The minimum Gasteiger partial charge on any atom is -0.303 e. The van der Waals surface area contributed by atoms with Crippen LogP contribution < -0.4 is 0 Å². The van der Waals surface area contributed by atoms with Crippen LogP contribution in [0.25, 0.3) is 0 Å². The molecule has 19 heavy (non-hydrogen) atoms. The average Bonchev–Trinajstić information content (AvgIpc) is 2.48. The first-order chi connectivity index (χ1) is 9.31. The van der Waals surface area contributed by atoms with E-state index in [1.54, 1.807) is 0 Å². The zero-order valence-corrected chi connectivity index (χ0v) is 12.0. The van der Waals surface area contributed by atoms with Crippen molar-refractivity contribution in [2.75, 3.05) is 19.6 Å². The monoisotopic (exact) mass is 259 g/mol. The Morgan fingerprint density at radius 3 is 2.47 bits per heavy atom. The highest BCUT2D eigenvalue weighted by Crippen LogP contribution is 2.18. The topological polar surface area (TPSA) is 20.3 Å². The Labute approximate surface area is 116 Å². The summed E-state index contributed by atoms with van der Waals surface area (Å²) in [5, 5.41) is 0. The maximum atomic E-state index is 12.6. The van der Waals surface area contributed by atoms with E-state index < -0.39 is 0 Å². The molecule has 0 saturated carbocycles. The number of rotatable bonds is 6. The van der Waals surface area contributed by atoms with Gasteiger partial charge in [-0.2, -0.15) is 0 Å². The van der Waals surface area contributed by atoms with Gasteiger partial charge in [-0.05, 0) is 32.4 Å². The first kappa shape index (κ1) is 14.3. The van der Waals surface area contributed by atoms with E-state index in [0.717, 1.165) is 24.9 Å². The van der Waals surface area contributed by atoms with Gasteiger partial charge in [0.1, 0.15) is 0 Å². The van der Waals surface area contributed by atoms with Gasteiger partial charge in [-0.3, -0.25) is 4.79 Å². The molecule has 1 aliphatic rings. The molecule has 1 saturated heterocycles. The zero-order chi connectivity index (χ0) is 13.5. The fraction of sp³-hybridized carbons (Fsp3) is 0.588. The maximum absolute atomic E-state index is 12.6. The molecule has 104 valence electrons. The molecule has 0 aromatic heterocycles. The minimum atomic E-state index is 0.172. The van der Waals surface area contributed by atoms with Crippen LogP contribution in [-0.2, 0) is 0 Å². The Morgan fingerprint density at radius 2 is 1.84 bits per heavy atom. The molecular weight excluding hydrogens is 234 g/mol. The van der Waals surface area contributed by atoms with Crippen molar-refractivity contribution in [3.05, 3.63) is 35.9 Å². The predicted molar refractivity (Wildman–Crippen MR) is 79.5 cm³/mol. The molecule has 1 aromatic carbocycles. The maximum Gasteiger partial charge on any atom is 0.167 e. The third-order valence-corrected chi connectivity index (χ3v) is 3.99. The van der Waals surface area contributed by atoms with Crippen LogP contribution in [0.1, 0.15) is 49.4 Å². The van der Waals surface area contributed by atoms with Crippen LogP contribution in [0, 0.1) is 5.92 Å². The molecule has 2 nitrogen and oxygen atoms in total. The molecule has 1 atom stereocenters. The molecule has 1 aliphatic heterocycles. The third kappa shape index (κ3) is 4.17. The van der Waals surface area contributed by atoms with Gasteiger partial charge in [-0.15, -0.1) is 0 Å². The second-order valence-electron chi connectivity index (χ2n) is 5.58. The Hall–Kier alpha value is -1.15. The van der Waals surface area contributed by atoms with E-state index in [1.165, 1.54) is 32.4 Å². The van der Waals surface area contributed by atoms with Crippen LogP contribution >= 0.6 is 0 Å². The molecule has 1 aromatic rings. The molecule has 0 radical (unpaired) electrons. The summed E-state index contributed by atoms with van der Waals surface area (Å²) in [7, 11) is 0. The summed E-state index contributed by atoms with van der Waals surface area (Å²) >= 11 is 0. The van der Waals surface area contributed by atoms with Crippen LogP contribution in [0.2, 0.25) is 0 Å². The summed E-state index contributed by atoms with van der Waals surface area (Å²) in [5.41, 5.74) is 0.873. The molecule has 2 heteroatoms. The number of likely N-dealkylation sites (tertiary alicyclic amines) is 1. The predicted octanol–water partition coefficient (Wildman–Crippen LogP) is 3.77. The van der Waals surface area contributed by atoms with Crippen molar-refractivity contribution in [3.8, 4) is 0 Å². The van der Waals surface area contributed by atoms with Gasteiger partial charge in [0.25, 0.3) is 0 Å². The quantitative estimate of drug-likeness (QED) is 0.725. The lowest BCUT2D eigenvalue weighted by atomic mass is 9.92. The lowest BCUT2D eigenvalue weighted by molar-refractivity contribution is 0.0858. The number of carbonyl (C=O) groups is 1. The van der Waals surface area contributed by atoms with Crippen molar-refractivity contribution in [2.45, 2.75) is 39.0 Å². The average molecular weight is 259 g/mol. The van der Waals surface area contributed by atoms with Gasteiger partial charge in [0.2, 0.25) is 0 Å². The smallest absolute Gasteiger partial charge is 0.167 e. The van der Waals surface area contributed by atoms with E-state index in [9.17, 15) is 4.79 Å². The number of benzene rings is 1. The minimum absolute atomic E-state index is 0.172. The summed E-state index contributed by atoms with van der Waals surface area (Å²) in [5.74, 6) is 0.499. The summed E-state index contributed by atoms with van der Waals surface area (Å²) in [4.78, 5) is 15.1. The van der Waals surface area contributed by atoms with Crippen LogP contribution in [-0.4, -0.2) is 30.3 Å². The Kier molecular flexibility index (Phi) is 5.59. The van der Waals surface area contributed by atoms with Gasteiger partial charge >= 0.3 is 0 Å². The number of piperidine rings is 1. The van der Waals surface area contributed by atoms with Crippen molar-refractivity contribution in [1.82, 2.24) is 4.90 Å². The van der Waals surface area contributed by atoms with Crippen molar-refractivity contribution < 1.29 is 4.79 Å². The van der Waals surface area contributed by atoms with Crippen LogP contribution in [0.3, 0.4) is 0 Å².